The Kier molecular flexibility index (Phi) is 5.73. The number of anilines is 1. The smallest absolute Gasteiger partial charge is 0.271 e. The van der Waals surface area contributed by atoms with Gasteiger partial charge in [-0.2, -0.15) is 4.31 Å². The second-order valence-corrected chi connectivity index (χ2v) is 8.14. The SMILES string of the molecule is Cc1ccc(NC(=O)Cn2cccc(S(=O)(=O)N3CCOCC3)c2=O)cc1. The Morgan fingerprint density at radius 3 is 2.48 bits per heavy atom. The average molecular weight is 391 g/mol. The number of hydrogen-bond donors (Lipinski definition) is 1. The van der Waals surface area contributed by atoms with Crippen LogP contribution >= 0.6 is 0 Å². The Balaban J connectivity index is 1.79. The van der Waals surface area contributed by atoms with Gasteiger partial charge < -0.3 is 14.6 Å². The maximum atomic E-state index is 12.7. The Morgan fingerprint density at radius 2 is 1.81 bits per heavy atom. The fourth-order valence-corrected chi connectivity index (χ4v) is 4.25. The van der Waals surface area contributed by atoms with Crippen LogP contribution in [0.2, 0.25) is 0 Å². The van der Waals surface area contributed by atoms with E-state index in [2.05, 4.69) is 5.32 Å². The number of ether oxygens (including phenoxy) is 1. The van der Waals surface area contributed by atoms with Crippen LogP contribution in [-0.2, 0) is 26.1 Å². The van der Waals surface area contributed by atoms with Gasteiger partial charge in [0.1, 0.15) is 11.4 Å². The Labute approximate surface area is 157 Å². The first kappa shape index (κ1) is 19.3. The van der Waals surface area contributed by atoms with Crippen molar-refractivity contribution < 1.29 is 17.9 Å². The standard InChI is InChI=1S/C18H21N3O5S/c1-14-4-6-15(7-5-14)19-17(22)13-20-8-2-3-16(18(20)23)27(24,25)21-9-11-26-12-10-21/h2-8H,9-13H2,1H3,(H,19,22). The van der Waals surface area contributed by atoms with E-state index in [0.29, 0.717) is 18.9 Å². The van der Waals surface area contributed by atoms with E-state index in [1.165, 1.54) is 22.6 Å². The number of carbonyl (C=O) groups is 1. The molecule has 0 unspecified atom stereocenters. The van der Waals surface area contributed by atoms with Crippen molar-refractivity contribution in [2.75, 3.05) is 31.6 Å². The van der Waals surface area contributed by atoms with Crippen molar-refractivity contribution in [2.45, 2.75) is 18.4 Å². The molecule has 0 saturated carbocycles. The first-order valence-corrected chi connectivity index (χ1v) is 9.96. The van der Waals surface area contributed by atoms with Crippen molar-refractivity contribution in [3.05, 3.63) is 58.5 Å². The van der Waals surface area contributed by atoms with Gasteiger partial charge in [-0.1, -0.05) is 17.7 Å². The fourth-order valence-electron chi connectivity index (χ4n) is 2.75. The number of sulfonamides is 1. The van der Waals surface area contributed by atoms with E-state index in [0.717, 1.165) is 10.1 Å². The number of hydrogen-bond acceptors (Lipinski definition) is 5. The summed E-state index contributed by atoms with van der Waals surface area (Å²) in [5, 5.41) is 2.69. The number of morpholine rings is 1. The third kappa shape index (κ3) is 4.44. The number of benzene rings is 1. The van der Waals surface area contributed by atoms with Crippen LogP contribution in [0, 0.1) is 6.92 Å². The molecule has 0 atom stereocenters. The van der Waals surface area contributed by atoms with E-state index < -0.39 is 21.5 Å². The third-order valence-electron chi connectivity index (χ3n) is 4.22. The number of pyridine rings is 1. The monoisotopic (exact) mass is 391 g/mol. The zero-order valence-corrected chi connectivity index (χ0v) is 15.7. The minimum atomic E-state index is -3.93. The van der Waals surface area contributed by atoms with Crippen LogP contribution in [0.1, 0.15) is 5.56 Å². The Morgan fingerprint density at radius 1 is 1.15 bits per heavy atom. The van der Waals surface area contributed by atoms with Gasteiger partial charge in [-0.3, -0.25) is 9.59 Å². The highest BCUT2D eigenvalue weighted by Gasteiger charge is 2.29. The molecule has 0 radical (unpaired) electrons. The van der Waals surface area contributed by atoms with Crippen molar-refractivity contribution >= 4 is 21.6 Å². The highest BCUT2D eigenvalue weighted by Crippen LogP contribution is 2.13. The summed E-state index contributed by atoms with van der Waals surface area (Å²) in [6.45, 7) is 2.64. The molecule has 1 amide bonds. The first-order valence-electron chi connectivity index (χ1n) is 8.52. The lowest BCUT2D eigenvalue weighted by Gasteiger charge is -2.25. The van der Waals surface area contributed by atoms with E-state index in [9.17, 15) is 18.0 Å². The van der Waals surface area contributed by atoms with Gasteiger partial charge in [0.2, 0.25) is 15.9 Å². The number of aryl methyl sites for hydroxylation is 1. The lowest BCUT2D eigenvalue weighted by atomic mass is 10.2. The van der Waals surface area contributed by atoms with Crippen LogP contribution in [0.3, 0.4) is 0 Å². The van der Waals surface area contributed by atoms with E-state index >= 15 is 0 Å². The molecule has 1 aliphatic heterocycles. The maximum absolute atomic E-state index is 12.7. The molecule has 8 nitrogen and oxygen atoms in total. The molecule has 0 bridgehead atoms. The molecule has 0 aliphatic carbocycles. The number of nitrogens with one attached hydrogen (secondary N) is 1. The molecule has 2 heterocycles. The first-order chi connectivity index (χ1) is 12.9. The number of amides is 1. The van der Waals surface area contributed by atoms with Crippen molar-refractivity contribution in [3.8, 4) is 0 Å². The van der Waals surface area contributed by atoms with Crippen LogP contribution in [0.15, 0.2) is 52.3 Å². The van der Waals surface area contributed by atoms with Crippen LogP contribution in [0.5, 0.6) is 0 Å². The Hall–Kier alpha value is -2.49. The normalized spacial score (nSPS) is 15.4. The summed E-state index contributed by atoms with van der Waals surface area (Å²) in [4.78, 5) is 24.5. The highest BCUT2D eigenvalue weighted by molar-refractivity contribution is 7.89. The maximum Gasteiger partial charge on any atom is 0.271 e. The summed E-state index contributed by atoms with van der Waals surface area (Å²) in [7, 11) is -3.93. The molecule has 3 rings (SSSR count). The summed E-state index contributed by atoms with van der Waals surface area (Å²) in [5.74, 6) is -0.415. The third-order valence-corrected chi connectivity index (χ3v) is 6.13. The summed E-state index contributed by atoms with van der Waals surface area (Å²) < 4.78 is 32.9. The molecular formula is C18H21N3O5S. The van der Waals surface area contributed by atoms with Crippen LogP contribution in [-0.4, -0.2) is 49.5 Å². The van der Waals surface area contributed by atoms with E-state index in [1.807, 2.05) is 19.1 Å². The highest BCUT2D eigenvalue weighted by atomic mass is 32.2. The van der Waals surface area contributed by atoms with Gasteiger partial charge in [0.05, 0.1) is 13.2 Å². The van der Waals surface area contributed by atoms with Crippen LogP contribution < -0.4 is 10.9 Å². The lowest BCUT2D eigenvalue weighted by Crippen LogP contribution is -2.43. The minimum absolute atomic E-state index is 0.199. The second kappa shape index (κ2) is 8.03. The summed E-state index contributed by atoms with van der Waals surface area (Å²) in [6, 6.07) is 9.95. The average Bonchev–Trinajstić information content (AvgIpc) is 2.66. The van der Waals surface area contributed by atoms with Gasteiger partial charge >= 0.3 is 0 Å². The fraction of sp³-hybridized carbons (Fsp3) is 0.333. The topological polar surface area (TPSA) is 97.7 Å². The zero-order chi connectivity index (χ0) is 19.4. The molecule has 1 aromatic carbocycles. The molecule has 0 spiro atoms. The summed E-state index contributed by atoms with van der Waals surface area (Å²) >= 11 is 0. The molecule has 1 aromatic heterocycles. The van der Waals surface area contributed by atoms with Crippen molar-refractivity contribution in [2.24, 2.45) is 0 Å². The van der Waals surface area contributed by atoms with Crippen molar-refractivity contribution in [3.63, 3.8) is 0 Å². The zero-order valence-electron chi connectivity index (χ0n) is 14.9. The summed E-state index contributed by atoms with van der Waals surface area (Å²) in [6.07, 6.45) is 1.40. The van der Waals surface area contributed by atoms with Gasteiger partial charge in [0.25, 0.3) is 5.56 Å². The quantitative estimate of drug-likeness (QED) is 0.814. The Bertz CT molecular complexity index is 977. The van der Waals surface area contributed by atoms with Crippen molar-refractivity contribution in [1.82, 2.24) is 8.87 Å². The molecule has 27 heavy (non-hydrogen) atoms. The molecule has 1 saturated heterocycles. The molecule has 1 N–H and O–H groups in total. The predicted molar refractivity (Wildman–Crippen MR) is 100 cm³/mol. The van der Waals surface area contributed by atoms with Crippen molar-refractivity contribution in [1.29, 1.82) is 0 Å². The number of carbonyl (C=O) groups excluding carboxylic acids is 1. The van der Waals surface area contributed by atoms with Gasteiger partial charge in [0.15, 0.2) is 0 Å². The number of nitrogens with zero attached hydrogens (tertiary/aromatic N) is 2. The van der Waals surface area contributed by atoms with Crippen LogP contribution in [0.25, 0.3) is 0 Å². The summed E-state index contributed by atoms with van der Waals surface area (Å²) in [5.41, 5.74) is 0.948. The van der Waals surface area contributed by atoms with E-state index in [4.69, 9.17) is 4.74 Å². The van der Waals surface area contributed by atoms with E-state index in [1.54, 1.807) is 12.1 Å². The predicted octanol–water partition coefficient (Wildman–Crippen LogP) is 0.816. The molecule has 2 aromatic rings. The molecule has 1 aliphatic rings. The van der Waals surface area contributed by atoms with Gasteiger partial charge in [0, 0.05) is 25.0 Å². The lowest BCUT2D eigenvalue weighted by molar-refractivity contribution is -0.116. The molecule has 9 heteroatoms. The minimum Gasteiger partial charge on any atom is -0.379 e. The second-order valence-electron chi connectivity index (χ2n) is 6.24. The van der Waals surface area contributed by atoms with E-state index in [-0.39, 0.29) is 24.5 Å². The largest absolute Gasteiger partial charge is 0.379 e. The van der Waals surface area contributed by atoms with Gasteiger partial charge in [-0.05, 0) is 31.2 Å². The number of aromatic nitrogens is 1. The molecular weight excluding hydrogens is 370 g/mol. The van der Waals surface area contributed by atoms with Gasteiger partial charge in [-0.25, -0.2) is 8.42 Å². The van der Waals surface area contributed by atoms with Crippen LogP contribution in [0.4, 0.5) is 5.69 Å². The van der Waals surface area contributed by atoms with Gasteiger partial charge in [-0.15, -0.1) is 0 Å². The molecule has 144 valence electrons. The number of rotatable bonds is 5. The molecule has 1 fully saturated rings.